The Morgan fingerprint density at radius 2 is 1.81 bits per heavy atom. The second kappa shape index (κ2) is 12.1. The van der Waals surface area contributed by atoms with Gasteiger partial charge >= 0.3 is 6.09 Å². The van der Waals surface area contributed by atoms with Crippen LogP contribution in [0.25, 0.3) is 0 Å². The molecule has 1 heterocycles. The summed E-state index contributed by atoms with van der Waals surface area (Å²) in [5, 5.41) is 14.3. The van der Waals surface area contributed by atoms with Crippen molar-refractivity contribution in [1.82, 2.24) is 14.9 Å². The van der Waals surface area contributed by atoms with Gasteiger partial charge in [0.25, 0.3) is 5.91 Å². The first-order valence-corrected chi connectivity index (χ1v) is 16.6. The van der Waals surface area contributed by atoms with Crippen LogP contribution in [-0.2, 0) is 29.1 Å². The Labute approximate surface area is 251 Å². The van der Waals surface area contributed by atoms with Gasteiger partial charge in [-0.15, -0.1) is 0 Å². The van der Waals surface area contributed by atoms with Crippen molar-refractivity contribution >= 4 is 39.5 Å². The lowest BCUT2D eigenvalue weighted by Crippen LogP contribution is -2.54. The largest absolute Gasteiger partial charge is 0.446 e. The highest BCUT2D eigenvalue weighted by Gasteiger charge is 2.62. The van der Waals surface area contributed by atoms with Crippen LogP contribution in [0.5, 0.6) is 0 Å². The molecule has 1 saturated heterocycles. The normalized spacial score (nSPS) is 29.7. The minimum Gasteiger partial charge on any atom is -0.446 e. The van der Waals surface area contributed by atoms with E-state index in [1.54, 1.807) is 30.1 Å². The molecule has 4 fully saturated rings. The maximum absolute atomic E-state index is 13.8. The second-order valence-electron chi connectivity index (χ2n) is 12.5. The van der Waals surface area contributed by atoms with Crippen LogP contribution < -0.4 is 15.4 Å². The summed E-state index contributed by atoms with van der Waals surface area (Å²) in [6, 6.07) is 7.02. The fourth-order valence-corrected chi connectivity index (χ4v) is 7.81. The summed E-state index contributed by atoms with van der Waals surface area (Å²) >= 11 is 0. The van der Waals surface area contributed by atoms with Gasteiger partial charge in [-0.1, -0.05) is 25.3 Å². The number of carbonyl (C=O) groups is 4. The van der Waals surface area contributed by atoms with Gasteiger partial charge in [-0.05, 0) is 75.5 Å². The molecular formula is C30H39N5O7S. The van der Waals surface area contributed by atoms with Crippen LogP contribution in [0.1, 0.15) is 75.3 Å². The average molecular weight is 614 g/mol. The number of rotatable bonds is 5. The predicted molar refractivity (Wildman–Crippen MR) is 156 cm³/mol. The molecule has 1 aromatic carbocycles. The highest BCUT2D eigenvalue weighted by molar-refractivity contribution is 7.91. The lowest BCUT2D eigenvalue weighted by molar-refractivity contribution is -0.140. The summed E-state index contributed by atoms with van der Waals surface area (Å²) in [7, 11) is -2.12. The third kappa shape index (κ3) is 6.79. The quantitative estimate of drug-likeness (QED) is 0.454. The number of ether oxygens (including phenoxy) is 1. The van der Waals surface area contributed by atoms with E-state index in [1.807, 2.05) is 13.0 Å². The van der Waals surface area contributed by atoms with E-state index in [0.29, 0.717) is 37.9 Å². The number of anilines is 1. The number of fused-ring (bicyclic) bond motifs is 2. The number of carbonyl (C=O) groups excluding carboxylic acids is 4. The molecule has 232 valence electrons. The van der Waals surface area contributed by atoms with E-state index < -0.39 is 56.7 Å². The van der Waals surface area contributed by atoms with Gasteiger partial charge in [-0.25, -0.2) is 13.2 Å². The molecule has 3 aliphatic carbocycles. The number of hydrogen-bond acceptors (Lipinski definition) is 8. The topological polar surface area (TPSA) is 175 Å². The molecule has 13 heteroatoms. The second-order valence-corrected chi connectivity index (χ2v) is 14.5. The predicted octanol–water partition coefficient (Wildman–Crippen LogP) is 2.72. The van der Waals surface area contributed by atoms with E-state index >= 15 is 0 Å². The Hall–Kier alpha value is -3.66. The van der Waals surface area contributed by atoms with Gasteiger partial charge in [0, 0.05) is 13.6 Å². The van der Waals surface area contributed by atoms with Crippen molar-refractivity contribution in [3.8, 4) is 6.07 Å². The molecule has 0 unspecified atom stereocenters. The lowest BCUT2D eigenvalue weighted by atomic mass is 9.92. The highest BCUT2D eigenvalue weighted by Crippen LogP contribution is 2.49. The van der Waals surface area contributed by atoms with E-state index in [9.17, 15) is 32.9 Å². The molecule has 3 N–H and O–H groups in total. The Bertz CT molecular complexity index is 1450. The summed E-state index contributed by atoms with van der Waals surface area (Å²) in [4.78, 5) is 55.2. The van der Waals surface area contributed by atoms with Crippen LogP contribution in [0, 0.1) is 36.0 Å². The van der Waals surface area contributed by atoms with Crippen LogP contribution in [0.3, 0.4) is 0 Å². The van der Waals surface area contributed by atoms with Crippen molar-refractivity contribution in [3.63, 3.8) is 0 Å². The number of hydrogen-bond donors (Lipinski definition) is 3. The first kappa shape index (κ1) is 30.8. The smallest absolute Gasteiger partial charge is 0.411 e. The molecule has 5 atom stereocenters. The van der Waals surface area contributed by atoms with Crippen molar-refractivity contribution < 1.29 is 32.3 Å². The lowest BCUT2D eigenvalue weighted by Gasteiger charge is -2.27. The van der Waals surface area contributed by atoms with E-state index in [0.717, 1.165) is 31.2 Å². The molecular weight excluding hydrogens is 574 g/mol. The van der Waals surface area contributed by atoms with Gasteiger partial charge in [0.15, 0.2) is 0 Å². The zero-order valence-corrected chi connectivity index (χ0v) is 25.4. The summed E-state index contributed by atoms with van der Waals surface area (Å²) in [6.45, 7) is 2.36. The van der Waals surface area contributed by atoms with Crippen LogP contribution in [0.4, 0.5) is 10.5 Å². The van der Waals surface area contributed by atoms with Crippen LogP contribution >= 0.6 is 0 Å². The van der Waals surface area contributed by atoms with Crippen molar-refractivity contribution in [2.24, 2.45) is 17.8 Å². The molecule has 1 aromatic rings. The Balaban J connectivity index is 1.34. The maximum atomic E-state index is 13.8. The van der Waals surface area contributed by atoms with Crippen LogP contribution in [0.15, 0.2) is 18.2 Å². The molecule has 0 aromatic heterocycles. The number of nitriles is 1. The zero-order valence-electron chi connectivity index (χ0n) is 24.6. The van der Waals surface area contributed by atoms with E-state index in [4.69, 9.17) is 4.74 Å². The Morgan fingerprint density at radius 1 is 1.09 bits per heavy atom. The fraction of sp³-hybridized carbons (Fsp3) is 0.633. The van der Waals surface area contributed by atoms with E-state index in [1.165, 1.54) is 0 Å². The molecule has 0 bridgehead atoms. The van der Waals surface area contributed by atoms with Gasteiger partial charge in [0.2, 0.25) is 21.8 Å². The first-order chi connectivity index (χ1) is 20.4. The summed E-state index contributed by atoms with van der Waals surface area (Å²) < 4.78 is 33.0. The van der Waals surface area contributed by atoms with Gasteiger partial charge in [0.1, 0.15) is 17.7 Å². The number of sulfonamides is 1. The summed E-state index contributed by atoms with van der Waals surface area (Å²) in [5.41, 5.74) is 0.0552. The maximum Gasteiger partial charge on any atom is 0.411 e. The van der Waals surface area contributed by atoms with Gasteiger partial charge in [-0.2, -0.15) is 5.26 Å². The zero-order chi connectivity index (χ0) is 30.9. The van der Waals surface area contributed by atoms with Crippen LogP contribution in [0.2, 0.25) is 0 Å². The molecule has 4 amide bonds. The van der Waals surface area contributed by atoms with E-state index in [2.05, 4.69) is 15.4 Å². The van der Waals surface area contributed by atoms with Gasteiger partial charge in [0.05, 0.1) is 28.3 Å². The van der Waals surface area contributed by atoms with Crippen molar-refractivity contribution in [2.45, 2.75) is 88.0 Å². The van der Waals surface area contributed by atoms with Gasteiger partial charge < -0.3 is 15.0 Å². The third-order valence-corrected chi connectivity index (χ3v) is 11.0. The monoisotopic (exact) mass is 613 g/mol. The number of amides is 4. The molecule has 1 aliphatic heterocycles. The SMILES string of the molecule is Cc1ccc(C#N)c(NC(=O)O[C@@H]2C[C@H]3C(=O)N[C@]4(C(=O)NS(=O)(=O)C5CC5)C[C@H]4CCCCCCN(C)C(=O)[C@@H]3C2)c1. The minimum absolute atomic E-state index is 0.0607. The molecule has 0 spiro atoms. The standard InChI is InChI=1S/C30H39N5O7S/c1-18-8-9-19(17-31)25(13-18)32-29(39)42-21-14-23-24(15-21)27(37)35(2)12-6-4-3-5-7-20-16-30(20,33-26(23)36)28(38)34-43(40,41)22-10-11-22/h8-9,13,20-24H,3-7,10-12,14-16H2,1-2H3,(H,32,39)(H,33,36)(H,34,38)/t20-,21-,23-,24-,30-/m1/s1. The Kier molecular flexibility index (Phi) is 8.70. The van der Waals surface area contributed by atoms with Crippen molar-refractivity contribution in [3.05, 3.63) is 29.3 Å². The molecule has 12 nitrogen and oxygen atoms in total. The molecule has 4 aliphatic rings. The number of aryl methyl sites for hydroxylation is 1. The summed E-state index contributed by atoms with van der Waals surface area (Å²) in [6.07, 6.45) is 4.04. The van der Waals surface area contributed by atoms with Crippen molar-refractivity contribution in [2.75, 3.05) is 18.9 Å². The number of nitrogens with zero attached hydrogens (tertiary/aromatic N) is 2. The highest BCUT2D eigenvalue weighted by atomic mass is 32.2. The number of nitrogens with one attached hydrogen (secondary N) is 3. The number of benzene rings is 1. The van der Waals surface area contributed by atoms with Crippen LogP contribution in [-0.4, -0.2) is 67.6 Å². The Morgan fingerprint density at radius 3 is 2.53 bits per heavy atom. The summed E-state index contributed by atoms with van der Waals surface area (Å²) in [5.74, 6) is -3.35. The molecule has 5 rings (SSSR count). The fourth-order valence-electron chi connectivity index (χ4n) is 6.45. The van der Waals surface area contributed by atoms with Gasteiger partial charge in [-0.3, -0.25) is 24.4 Å². The first-order valence-electron chi connectivity index (χ1n) is 15.0. The molecule has 0 radical (unpaired) electrons. The van der Waals surface area contributed by atoms with Crippen molar-refractivity contribution in [1.29, 1.82) is 5.26 Å². The van der Waals surface area contributed by atoms with E-state index in [-0.39, 0.29) is 30.2 Å². The minimum atomic E-state index is -3.81. The molecule has 3 saturated carbocycles. The molecule has 43 heavy (non-hydrogen) atoms. The third-order valence-electron chi connectivity index (χ3n) is 9.21. The average Bonchev–Trinajstić information content (AvgIpc) is 3.87.